The first-order valence-corrected chi connectivity index (χ1v) is 9.12. The summed E-state index contributed by atoms with van der Waals surface area (Å²) in [6.07, 6.45) is 0. The van der Waals surface area contributed by atoms with Gasteiger partial charge in [-0.15, -0.1) is 21.5 Å². The minimum absolute atomic E-state index is 0.0286. The fraction of sp³-hybridized carbons (Fsp3) is 0.333. The van der Waals surface area contributed by atoms with Crippen molar-refractivity contribution in [3.8, 4) is 11.4 Å². The van der Waals surface area contributed by atoms with Crippen molar-refractivity contribution in [1.29, 1.82) is 0 Å². The minimum Gasteiger partial charge on any atom is -0.347 e. The highest BCUT2D eigenvalue weighted by Gasteiger charge is 2.13. The Labute approximate surface area is 150 Å². The van der Waals surface area contributed by atoms with Gasteiger partial charge in [0.2, 0.25) is 11.7 Å². The maximum Gasteiger partial charge on any atom is 0.244 e. The molecule has 0 fully saturated rings. The number of aromatic nitrogens is 4. The van der Waals surface area contributed by atoms with Crippen LogP contribution in [0.5, 0.6) is 0 Å². The SMILES string of the molecule is CC(C)c1ccc(-c2nnn(CC(=O)N[C@H](C)c3cccs3)n2)cc1. The smallest absolute Gasteiger partial charge is 0.244 e. The number of benzene rings is 1. The lowest BCUT2D eigenvalue weighted by Crippen LogP contribution is -2.30. The predicted molar refractivity (Wildman–Crippen MR) is 98.2 cm³/mol. The molecule has 3 aromatic rings. The zero-order valence-electron chi connectivity index (χ0n) is 14.5. The normalized spacial score (nSPS) is 12.3. The zero-order chi connectivity index (χ0) is 17.8. The first kappa shape index (κ1) is 17.3. The van der Waals surface area contributed by atoms with Crippen LogP contribution in [0.4, 0.5) is 0 Å². The van der Waals surface area contributed by atoms with Crippen molar-refractivity contribution in [2.45, 2.75) is 39.3 Å². The van der Waals surface area contributed by atoms with Gasteiger partial charge in [0.25, 0.3) is 0 Å². The van der Waals surface area contributed by atoms with Gasteiger partial charge in [-0.3, -0.25) is 4.79 Å². The molecule has 130 valence electrons. The van der Waals surface area contributed by atoms with E-state index in [4.69, 9.17) is 0 Å². The van der Waals surface area contributed by atoms with E-state index in [2.05, 4.69) is 46.7 Å². The predicted octanol–water partition coefficient (Wildman–Crippen LogP) is 3.40. The van der Waals surface area contributed by atoms with Crippen LogP contribution in [0.25, 0.3) is 11.4 Å². The van der Waals surface area contributed by atoms with Crippen LogP contribution in [-0.2, 0) is 11.3 Å². The molecule has 0 aliphatic rings. The molecule has 1 atom stereocenters. The summed E-state index contributed by atoms with van der Waals surface area (Å²) in [6.45, 7) is 6.31. The largest absolute Gasteiger partial charge is 0.347 e. The van der Waals surface area contributed by atoms with Crippen molar-refractivity contribution in [3.63, 3.8) is 0 Å². The lowest BCUT2D eigenvalue weighted by Gasteiger charge is -2.11. The van der Waals surface area contributed by atoms with Gasteiger partial charge < -0.3 is 5.32 Å². The van der Waals surface area contributed by atoms with Gasteiger partial charge in [0.1, 0.15) is 6.54 Å². The number of hydrogen-bond acceptors (Lipinski definition) is 5. The number of hydrogen-bond donors (Lipinski definition) is 1. The molecule has 7 heteroatoms. The summed E-state index contributed by atoms with van der Waals surface area (Å²) < 4.78 is 0. The van der Waals surface area contributed by atoms with Crippen molar-refractivity contribution >= 4 is 17.2 Å². The molecule has 0 saturated carbocycles. The molecule has 0 unspecified atom stereocenters. The van der Waals surface area contributed by atoms with E-state index < -0.39 is 0 Å². The van der Waals surface area contributed by atoms with Crippen LogP contribution in [0.1, 0.15) is 43.2 Å². The molecule has 0 spiro atoms. The van der Waals surface area contributed by atoms with Gasteiger partial charge in [0.15, 0.2) is 0 Å². The second-order valence-corrected chi connectivity index (χ2v) is 7.20. The number of rotatable bonds is 6. The summed E-state index contributed by atoms with van der Waals surface area (Å²) in [4.78, 5) is 14.6. The van der Waals surface area contributed by atoms with Crippen LogP contribution >= 0.6 is 11.3 Å². The Bertz CT molecular complexity index is 824. The Morgan fingerprint density at radius 1 is 1.20 bits per heavy atom. The van der Waals surface area contributed by atoms with Gasteiger partial charge in [-0.05, 0) is 35.1 Å². The zero-order valence-corrected chi connectivity index (χ0v) is 15.3. The Balaban J connectivity index is 1.62. The van der Waals surface area contributed by atoms with Gasteiger partial charge in [-0.25, -0.2) is 0 Å². The van der Waals surface area contributed by atoms with Gasteiger partial charge in [-0.2, -0.15) is 4.80 Å². The summed E-state index contributed by atoms with van der Waals surface area (Å²) in [6, 6.07) is 12.0. The third kappa shape index (κ3) is 4.30. The van der Waals surface area contributed by atoms with E-state index in [1.165, 1.54) is 10.4 Å². The third-order valence-electron chi connectivity index (χ3n) is 3.92. The van der Waals surface area contributed by atoms with Crippen LogP contribution in [-0.4, -0.2) is 26.1 Å². The second-order valence-electron chi connectivity index (χ2n) is 6.22. The lowest BCUT2D eigenvalue weighted by molar-refractivity contribution is -0.122. The Kier molecular flexibility index (Phi) is 5.23. The minimum atomic E-state index is -0.139. The molecule has 6 nitrogen and oxygen atoms in total. The highest BCUT2D eigenvalue weighted by molar-refractivity contribution is 7.10. The molecule has 0 saturated heterocycles. The fourth-order valence-electron chi connectivity index (χ4n) is 2.47. The molecular weight excluding hydrogens is 334 g/mol. The Morgan fingerprint density at radius 3 is 2.60 bits per heavy atom. The molecule has 3 rings (SSSR count). The first-order valence-electron chi connectivity index (χ1n) is 8.24. The third-order valence-corrected chi connectivity index (χ3v) is 4.98. The van der Waals surface area contributed by atoms with Crippen molar-refractivity contribution in [3.05, 3.63) is 52.2 Å². The quantitative estimate of drug-likeness (QED) is 0.735. The molecule has 1 amide bonds. The summed E-state index contributed by atoms with van der Waals surface area (Å²) in [7, 11) is 0. The molecule has 1 aromatic carbocycles. The second kappa shape index (κ2) is 7.57. The number of amides is 1. The number of carbonyl (C=O) groups excluding carboxylic acids is 1. The molecule has 0 aliphatic carbocycles. The number of nitrogens with zero attached hydrogens (tertiary/aromatic N) is 4. The molecule has 0 bridgehead atoms. The standard InChI is InChI=1S/C18H21N5OS/c1-12(2)14-6-8-15(9-7-14)18-20-22-23(21-18)11-17(24)19-13(3)16-5-4-10-25-16/h4-10,12-13H,11H2,1-3H3,(H,19,24)/t13-/m1/s1. The summed E-state index contributed by atoms with van der Waals surface area (Å²) in [5.74, 6) is 0.862. The highest BCUT2D eigenvalue weighted by Crippen LogP contribution is 2.20. The number of carbonyl (C=O) groups is 1. The van der Waals surface area contributed by atoms with E-state index in [0.717, 1.165) is 10.4 Å². The van der Waals surface area contributed by atoms with E-state index in [-0.39, 0.29) is 18.5 Å². The average molecular weight is 355 g/mol. The molecule has 2 aromatic heterocycles. The number of nitrogens with one attached hydrogen (secondary N) is 1. The van der Waals surface area contributed by atoms with Crippen molar-refractivity contribution < 1.29 is 4.79 Å². The topological polar surface area (TPSA) is 72.7 Å². The molecule has 0 aliphatic heterocycles. The monoisotopic (exact) mass is 355 g/mol. The summed E-state index contributed by atoms with van der Waals surface area (Å²) in [5, 5.41) is 17.3. The van der Waals surface area contributed by atoms with E-state index in [1.807, 2.05) is 36.6 Å². The summed E-state index contributed by atoms with van der Waals surface area (Å²) in [5.41, 5.74) is 2.15. The van der Waals surface area contributed by atoms with E-state index >= 15 is 0 Å². The van der Waals surface area contributed by atoms with Gasteiger partial charge in [0, 0.05) is 10.4 Å². The highest BCUT2D eigenvalue weighted by atomic mass is 32.1. The van der Waals surface area contributed by atoms with Gasteiger partial charge >= 0.3 is 0 Å². The Hall–Kier alpha value is -2.54. The first-order chi connectivity index (χ1) is 12.0. The van der Waals surface area contributed by atoms with Gasteiger partial charge in [-0.1, -0.05) is 44.2 Å². The van der Waals surface area contributed by atoms with Crippen LogP contribution in [0.3, 0.4) is 0 Å². The molecule has 2 heterocycles. The Morgan fingerprint density at radius 2 is 1.96 bits per heavy atom. The molecular formula is C18H21N5OS. The summed E-state index contributed by atoms with van der Waals surface area (Å²) >= 11 is 1.62. The van der Waals surface area contributed by atoms with Crippen molar-refractivity contribution in [2.75, 3.05) is 0 Å². The average Bonchev–Trinajstić information content (AvgIpc) is 3.26. The van der Waals surface area contributed by atoms with Crippen LogP contribution in [0, 0.1) is 0 Å². The van der Waals surface area contributed by atoms with Crippen molar-refractivity contribution in [1.82, 2.24) is 25.5 Å². The number of thiophene rings is 1. The van der Waals surface area contributed by atoms with Crippen molar-refractivity contribution in [2.24, 2.45) is 0 Å². The molecule has 1 N–H and O–H groups in total. The van der Waals surface area contributed by atoms with Gasteiger partial charge in [0.05, 0.1) is 6.04 Å². The van der Waals surface area contributed by atoms with Crippen LogP contribution in [0.15, 0.2) is 41.8 Å². The fourth-order valence-corrected chi connectivity index (χ4v) is 3.20. The van der Waals surface area contributed by atoms with E-state index in [9.17, 15) is 4.79 Å². The van der Waals surface area contributed by atoms with E-state index in [0.29, 0.717) is 11.7 Å². The van der Waals surface area contributed by atoms with Crippen LogP contribution < -0.4 is 5.32 Å². The van der Waals surface area contributed by atoms with Crippen LogP contribution in [0.2, 0.25) is 0 Å². The lowest BCUT2D eigenvalue weighted by atomic mass is 10.0. The number of tetrazole rings is 1. The van der Waals surface area contributed by atoms with E-state index in [1.54, 1.807) is 11.3 Å². The maximum atomic E-state index is 12.1. The molecule has 0 radical (unpaired) electrons. The maximum absolute atomic E-state index is 12.1. The molecule has 25 heavy (non-hydrogen) atoms.